The molecule has 3 nitrogen and oxygen atoms in total. The van der Waals surface area contributed by atoms with Crippen LogP contribution in [0.5, 0.6) is 0 Å². The van der Waals surface area contributed by atoms with Crippen LogP contribution in [0.1, 0.15) is 59.3 Å². The van der Waals surface area contributed by atoms with Crippen LogP contribution in [0.4, 0.5) is 0 Å². The fourth-order valence-corrected chi connectivity index (χ4v) is 3.88. The summed E-state index contributed by atoms with van der Waals surface area (Å²) in [5, 5.41) is 3.40. The molecule has 2 saturated heterocycles. The average molecular weight is 266 g/mol. The number of likely N-dealkylation sites (tertiary alicyclic amines) is 1. The third kappa shape index (κ3) is 2.96. The van der Waals surface area contributed by atoms with Gasteiger partial charge < -0.3 is 10.2 Å². The van der Waals surface area contributed by atoms with Crippen molar-refractivity contribution in [2.45, 2.75) is 65.3 Å². The molecule has 2 aliphatic rings. The number of rotatable bonds is 3. The minimum Gasteiger partial charge on any atom is -0.339 e. The van der Waals surface area contributed by atoms with Gasteiger partial charge in [0.1, 0.15) is 0 Å². The second kappa shape index (κ2) is 6.25. The first-order valence-electron chi connectivity index (χ1n) is 8.12. The Morgan fingerprint density at radius 2 is 2.00 bits per heavy atom. The first-order valence-corrected chi connectivity index (χ1v) is 8.12. The summed E-state index contributed by atoms with van der Waals surface area (Å²) in [6.45, 7) is 9.72. The third-order valence-corrected chi connectivity index (χ3v) is 5.38. The lowest BCUT2D eigenvalue weighted by Gasteiger charge is -2.45. The van der Waals surface area contributed by atoms with E-state index < -0.39 is 0 Å². The molecule has 0 saturated carbocycles. The Kier molecular flexibility index (Phi) is 4.88. The lowest BCUT2D eigenvalue weighted by Crippen LogP contribution is -2.54. The van der Waals surface area contributed by atoms with E-state index in [1.165, 1.54) is 12.8 Å². The molecule has 3 heteroatoms. The zero-order chi connectivity index (χ0) is 13.9. The van der Waals surface area contributed by atoms with E-state index in [9.17, 15) is 4.79 Å². The second-order valence-electron chi connectivity index (χ2n) is 6.64. The van der Waals surface area contributed by atoms with Crippen LogP contribution in [0.3, 0.4) is 0 Å². The summed E-state index contributed by atoms with van der Waals surface area (Å²) in [5.41, 5.74) is -0.0642. The molecule has 1 amide bonds. The second-order valence-corrected chi connectivity index (χ2v) is 6.64. The maximum atomic E-state index is 13.1. The molecule has 0 aliphatic carbocycles. The van der Waals surface area contributed by atoms with Crippen molar-refractivity contribution in [3.63, 3.8) is 0 Å². The monoisotopic (exact) mass is 266 g/mol. The minimum absolute atomic E-state index is 0.0642. The van der Waals surface area contributed by atoms with Gasteiger partial charge >= 0.3 is 0 Å². The standard InChI is InChI=1S/C16H30N2O/c1-4-7-16(8-10-17-11-9-16)15(19)18-12-5-6-13(2)14(18)3/h13-14,17H,4-12H2,1-3H3. The maximum Gasteiger partial charge on any atom is 0.229 e. The van der Waals surface area contributed by atoms with Crippen molar-refractivity contribution in [2.75, 3.05) is 19.6 Å². The van der Waals surface area contributed by atoms with Gasteiger partial charge in [-0.1, -0.05) is 20.3 Å². The van der Waals surface area contributed by atoms with E-state index in [1.807, 2.05) is 0 Å². The van der Waals surface area contributed by atoms with Crippen LogP contribution in [0, 0.1) is 11.3 Å². The Morgan fingerprint density at radius 3 is 2.63 bits per heavy atom. The molecule has 0 radical (unpaired) electrons. The molecule has 1 N–H and O–H groups in total. The minimum atomic E-state index is -0.0642. The van der Waals surface area contributed by atoms with Gasteiger partial charge in [-0.2, -0.15) is 0 Å². The van der Waals surface area contributed by atoms with Gasteiger partial charge in [0, 0.05) is 12.6 Å². The molecule has 2 atom stereocenters. The highest BCUT2D eigenvalue weighted by Crippen LogP contribution is 2.38. The van der Waals surface area contributed by atoms with Crippen LogP contribution in [-0.4, -0.2) is 36.5 Å². The topological polar surface area (TPSA) is 32.3 Å². The van der Waals surface area contributed by atoms with E-state index >= 15 is 0 Å². The van der Waals surface area contributed by atoms with Gasteiger partial charge in [0.25, 0.3) is 0 Å². The summed E-state index contributed by atoms with van der Waals surface area (Å²) in [5.74, 6) is 1.10. The van der Waals surface area contributed by atoms with Gasteiger partial charge in [0.05, 0.1) is 5.41 Å². The molecule has 110 valence electrons. The number of carbonyl (C=O) groups is 1. The van der Waals surface area contributed by atoms with Crippen molar-refractivity contribution in [3.8, 4) is 0 Å². The summed E-state index contributed by atoms with van der Waals surface area (Å²) < 4.78 is 0. The zero-order valence-corrected chi connectivity index (χ0v) is 12.9. The van der Waals surface area contributed by atoms with Crippen LogP contribution < -0.4 is 5.32 Å². The Balaban J connectivity index is 2.14. The highest BCUT2D eigenvalue weighted by molar-refractivity contribution is 5.83. The highest BCUT2D eigenvalue weighted by Gasteiger charge is 2.43. The molecular formula is C16H30N2O. The predicted molar refractivity (Wildman–Crippen MR) is 79.0 cm³/mol. The molecule has 2 rings (SSSR count). The zero-order valence-electron chi connectivity index (χ0n) is 12.9. The van der Waals surface area contributed by atoms with Gasteiger partial charge in [-0.3, -0.25) is 4.79 Å². The fraction of sp³-hybridized carbons (Fsp3) is 0.938. The first kappa shape index (κ1) is 14.8. The van der Waals surface area contributed by atoms with E-state index in [1.54, 1.807) is 0 Å². The van der Waals surface area contributed by atoms with Crippen molar-refractivity contribution in [1.29, 1.82) is 0 Å². The molecule has 2 fully saturated rings. The molecule has 0 spiro atoms. The summed E-state index contributed by atoms with van der Waals surface area (Å²) in [6.07, 6.45) is 6.67. The Morgan fingerprint density at radius 1 is 1.32 bits per heavy atom. The van der Waals surface area contributed by atoms with Crippen molar-refractivity contribution in [2.24, 2.45) is 11.3 Å². The van der Waals surface area contributed by atoms with E-state index in [-0.39, 0.29) is 5.41 Å². The number of nitrogens with one attached hydrogen (secondary N) is 1. The van der Waals surface area contributed by atoms with Gasteiger partial charge in [0.15, 0.2) is 0 Å². The van der Waals surface area contributed by atoms with Crippen LogP contribution in [0.25, 0.3) is 0 Å². The van der Waals surface area contributed by atoms with E-state index in [0.29, 0.717) is 17.9 Å². The number of piperidine rings is 2. The predicted octanol–water partition coefficient (Wildman–Crippen LogP) is 2.80. The largest absolute Gasteiger partial charge is 0.339 e. The molecular weight excluding hydrogens is 236 g/mol. The van der Waals surface area contributed by atoms with Crippen molar-refractivity contribution in [1.82, 2.24) is 10.2 Å². The quantitative estimate of drug-likeness (QED) is 0.852. The summed E-state index contributed by atoms with van der Waals surface area (Å²) in [6, 6.07) is 0.421. The van der Waals surface area contributed by atoms with Gasteiger partial charge in [-0.15, -0.1) is 0 Å². The Bertz CT molecular complexity index is 304. The SMILES string of the molecule is CCCC1(C(=O)N2CCCC(C)C2C)CCNCC1. The van der Waals surface area contributed by atoms with Crippen molar-refractivity contribution in [3.05, 3.63) is 0 Å². The molecule has 0 aromatic heterocycles. The van der Waals surface area contributed by atoms with Crippen LogP contribution in [0.15, 0.2) is 0 Å². The Hall–Kier alpha value is -0.570. The molecule has 0 aromatic rings. The Labute approximate surface area is 118 Å². The van der Waals surface area contributed by atoms with Crippen LogP contribution in [-0.2, 0) is 4.79 Å². The molecule has 19 heavy (non-hydrogen) atoms. The normalized spacial score (nSPS) is 31.2. The molecule has 2 heterocycles. The summed E-state index contributed by atoms with van der Waals surface area (Å²) >= 11 is 0. The number of hydrogen-bond donors (Lipinski definition) is 1. The number of hydrogen-bond acceptors (Lipinski definition) is 2. The average Bonchev–Trinajstić information content (AvgIpc) is 2.42. The molecule has 2 unspecified atom stereocenters. The third-order valence-electron chi connectivity index (χ3n) is 5.38. The van der Waals surface area contributed by atoms with E-state index in [0.717, 1.165) is 45.3 Å². The lowest BCUT2D eigenvalue weighted by atomic mass is 9.73. The lowest BCUT2D eigenvalue weighted by molar-refractivity contribution is -0.149. The van der Waals surface area contributed by atoms with Gasteiger partial charge in [-0.05, 0) is 58.0 Å². The molecule has 0 bridgehead atoms. The van der Waals surface area contributed by atoms with Crippen LogP contribution >= 0.6 is 0 Å². The highest BCUT2D eigenvalue weighted by atomic mass is 16.2. The number of nitrogens with zero attached hydrogens (tertiary/aromatic N) is 1. The van der Waals surface area contributed by atoms with E-state index in [2.05, 4.69) is 31.0 Å². The smallest absolute Gasteiger partial charge is 0.229 e. The number of carbonyl (C=O) groups excluding carboxylic acids is 1. The van der Waals surface area contributed by atoms with Crippen molar-refractivity contribution < 1.29 is 4.79 Å². The summed E-state index contributed by atoms with van der Waals surface area (Å²) in [7, 11) is 0. The molecule has 2 aliphatic heterocycles. The van der Waals surface area contributed by atoms with Crippen LogP contribution in [0.2, 0.25) is 0 Å². The van der Waals surface area contributed by atoms with E-state index in [4.69, 9.17) is 0 Å². The summed E-state index contributed by atoms with van der Waals surface area (Å²) in [4.78, 5) is 15.3. The fourth-order valence-electron chi connectivity index (χ4n) is 3.88. The first-order chi connectivity index (χ1) is 9.10. The molecule has 0 aromatic carbocycles. The van der Waals surface area contributed by atoms with Crippen molar-refractivity contribution >= 4 is 5.91 Å². The number of amides is 1. The maximum absolute atomic E-state index is 13.1. The van der Waals surface area contributed by atoms with Gasteiger partial charge in [0.2, 0.25) is 5.91 Å². The van der Waals surface area contributed by atoms with Gasteiger partial charge in [-0.25, -0.2) is 0 Å².